The Hall–Kier alpha value is -5.69. The highest BCUT2D eigenvalue weighted by Gasteiger charge is 2.35. The van der Waals surface area contributed by atoms with E-state index in [-0.39, 0.29) is 31.4 Å². The normalized spacial score (nSPS) is 14.1. The first-order valence-corrected chi connectivity index (χ1v) is 20.6. The summed E-state index contributed by atoms with van der Waals surface area (Å²) < 4.78 is 0. The Morgan fingerprint density at radius 3 is 1.68 bits per heavy atom. The standard InChI is InChI=1S/C40H58N8O10S/c1-22(2)33(39(57)43-21-31(42)50)48-40(58)34(23(3)4)47-37(55)28(15-16-32(51)52)45-38(56)30(20-24-9-7-6-8-10-24)46-36(54)29(17-18-59-5)44-35(53)27(41)19-25-11-13-26(49)14-12-25/h6-14,22-23,27-30,33-34,49H,15-21,41H2,1-5H3,(H2,42,50)(H,43,57)(H,44,53)(H,45,56)(H,46,54)(H,47,55)(H,48,58)(H,51,52)/t27-,28-,29+,30-,33-,34-/m0/s1. The van der Waals surface area contributed by atoms with Crippen molar-refractivity contribution in [1.29, 1.82) is 0 Å². The van der Waals surface area contributed by atoms with Crippen LogP contribution >= 0.6 is 11.8 Å². The Kier molecular flexibility index (Phi) is 20.9. The molecule has 19 heteroatoms. The van der Waals surface area contributed by atoms with Gasteiger partial charge in [0.05, 0.1) is 12.6 Å². The zero-order valence-corrected chi connectivity index (χ0v) is 34.8. The second-order valence-corrected chi connectivity index (χ2v) is 15.7. The number of nitrogens with two attached hydrogens (primary N) is 2. The maximum atomic E-state index is 14.1. The molecule has 0 aliphatic heterocycles. The van der Waals surface area contributed by atoms with Crippen LogP contribution in [-0.4, -0.2) is 112 Å². The predicted octanol–water partition coefficient (Wildman–Crippen LogP) is -0.540. The van der Waals surface area contributed by atoms with Gasteiger partial charge in [-0.3, -0.25) is 38.4 Å². The Balaban J connectivity index is 2.35. The van der Waals surface area contributed by atoms with Gasteiger partial charge in [-0.25, -0.2) is 0 Å². The van der Waals surface area contributed by atoms with Crippen molar-refractivity contribution in [2.24, 2.45) is 23.3 Å². The highest BCUT2D eigenvalue weighted by molar-refractivity contribution is 7.98. The van der Waals surface area contributed by atoms with Crippen LogP contribution in [0.4, 0.5) is 0 Å². The molecule has 0 radical (unpaired) electrons. The maximum absolute atomic E-state index is 14.1. The lowest BCUT2D eigenvalue weighted by molar-refractivity contribution is -0.139. The first-order valence-electron chi connectivity index (χ1n) is 19.2. The largest absolute Gasteiger partial charge is 0.508 e. The van der Waals surface area contributed by atoms with Crippen LogP contribution in [0.2, 0.25) is 0 Å². The summed E-state index contributed by atoms with van der Waals surface area (Å²) in [5.74, 6) is -7.03. The van der Waals surface area contributed by atoms with E-state index in [2.05, 4.69) is 31.9 Å². The third kappa shape index (κ3) is 17.8. The van der Waals surface area contributed by atoms with Crippen LogP contribution in [-0.2, 0) is 51.2 Å². The van der Waals surface area contributed by atoms with Crippen molar-refractivity contribution in [1.82, 2.24) is 31.9 Å². The first-order chi connectivity index (χ1) is 27.8. The number of phenolic OH excluding ortho intramolecular Hbond substituents is 1. The molecule has 0 aliphatic carbocycles. The summed E-state index contributed by atoms with van der Waals surface area (Å²) in [4.78, 5) is 104. The highest BCUT2D eigenvalue weighted by Crippen LogP contribution is 2.13. The average molecular weight is 843 g/mol. The Morgan fingerprint density at radius 2 is 1.12 bits per heavy atom. The summed E-state index contributed by atoms with van der Waals surface area (Å²) in [5, 5.41) is 34.5. The second-order valence-electron chi connectivity index (χ2n) is 14.7. The number of aromatic hydroxyl groups is 1. The maximum Gasteiger partial charge on any atom is 0.303 e. The summed E-state index contributed by atoms with van der Waals surface area (Å²) in [7, 11) is 0. The van der Waals surface area contributed by atoms with Gasteiger partial charge in [0.1, 0.15) is 36.0 Å². The van der Waals surface area contributed by atoms with Gasteiger partial charge in [0.15, 0.2) is 0 Å². The summed E-state index contributed by atoms with van der Waals surface area (Å²) >= 11 is 1.43. The number of benzene rings is 2. The Bertz CT molecular complexity index is 1750. The molecule has 0 fully saturated rings. The topological polar surface area (TPSA) is 301 Å². The number of primary amides is 1. The molecule has 2 aromatic carbocycles. The van der Waals surface area contributed by atoms with Crippen molar-refractivity contribution >= 4 is 59.1 Å². The van der Waals surface area contributed by atoms with E-state index >= 15 is 0 Å². The molecule has 0 saturated heterocycles. The quantitative estimate of drug-likeness (QED) is 0.0603. The van der Waals surface area contributed by atoms with Crippen LogP contribution < -0.4 is 43.4 Å². The van der Waals surface area contributed by atoms with Crippen LogP contribution in [0.25, 0.3) is 0 Å². The molecule has 7 amide bonds. The van der Waals surface area contributed by atoms with Crippen LogP contribution in [0.5, 0.6) is 5.75 Å². The molecule has 0 aromatic heterocycles. The fraction of sp³-hybridized carbons (Fsp3) is 0.500. The predicted molar refractivity (Wildman–Crippen MR) is 221 cm³/mol. The molecule has 0 saturated carbocycles. The number of carbonyl (C=O) groups is 8. The van der Waals surface area contributed by atoms with Crippen molar-refractivity contribution in [2.75, 3.05) is 18.6 Å². The number of aliphatic carboxylic acids is 1. The fourth-order valence-electron chi connectivity index (χ4n) is 5.75. The minimum atomic E-state index is -1.49. The van der Waals surface area contributed by atoms with E-state index in [1.165, 1.54) is 23.9 Å². The number of thioether (sulfide) groups is 1. The van der Waals surface area contributed by atoms with Gasteiger partial charge in [-0.2, -0.15) is 11.8 Å². The Morgan fingerprint density at radius 1 is 0.627 bits per heavy atom. The van der Waals surface area contributed by atoms with Gasteiger partial charge in [-0.15, -0.1) is 0 Å². The number of carboxylic acids is 1. The van der Waals surface area contributed by atoms with E-state index in [1.54, 1.807) is 70.2 Å². The van der Waals surface area contributed by atoms with Crippen molar-refractivity contribution < 1.29 is 48.6 Å². The number of carboxylic acid groups (broad SMARTS) is 1. The minimum absolute atomic E-state index is 0.0497. The molecule has 2 rings (SSSR count). The number of phenols is 1. The highest BCUT2D eigenvalue weighted by atomic mass is 32.2. The third-order valence-electron chi connectivity index (χ3n) is 9.10. The third-order valence-corrected chi connectivity index (χ3v) is 9.74. The first kappa shape index (κ1) is 49.5. The molecule has 12 N–H and O–H groups in total. The van der Waals surface area contributed by atoms with Crippen LogP contribution in [0.1, 0.15) is 58.1 Å². The second kappa shape index (κ2) is 24.9. The summed E-state index contributed by atoms with van der Waals surface area (Å²) in [5.41, 5.74) is 12.6. The Labute approximate surface area is 348 Å². The summed E-state index contributed by atoms with van der Waals surface area (Å²) in [6.07, 6.45) is 1.13. The molecule has 6 atom stereocenters. The van der Waals surface area contributed by atoms with Gasteiger partial charge in [-0.1, -0.05) is 70.2 Å². The minimum Gasteiger partial charge on any atom is -0.508 e. The number of amides is 7. The van der Waals surface area contributed by atoms with Gasteiger partial charge in [0, 0.05) is 12.8 Å². The van der Waals surface area contributed by atoms with Gasteiger partial charge < -0.3 is 53.6 Å². The summed E-state index contributed by atoms with van der Waals surface area (Å²) in [6, 6.07) is 7.50. The molecule has 0 aliphatic rings. The van der Waals surface area contributed by atoms with Gasteiger partial charge in [0.25, 0.3) is 0 Å². The van der Waals surface area contributed by atoms with E-state index in [0.29, 0.717) is 16.9 Å². The van der Waals surface area contributed by atoms with Crippen molar-refractivity contribution in [3.63, 3.8) is 0 Å². The number of carbonyl (C=O) groups excluding carboxylic acids is 7. The molecule has 0 bridgehead atoms. The van der Waals surface area contributed by atoms with E-state index in [9.17, 15) is 48.6 Å². The van der Waals surface area contributed by atoms with E-state index in [1.807, 2.05) is 6.26 Å². The summed E-state index contributed by atoms with van der Waals surface area (Å²) in [6.45, 7) is 6.12. The molecule has 0 spiro atoms. The van der Waals surface area contributed by atoms with Gasteiger partial charge >= 0.3 is 5.97 Å². The molecular weight excluding hydrogens is 785 g/mol. The SMILES string of the molecule is CSCC[C@@H](NC(=O)[C@@H](N)Cc1ccc(O)cc1)C(=O)N[C@@H](Cc1ccccc1)C(=O)N[C@@H](CCC(=O)O)C(=O)N[C@H](C(=O)N[C@H](C(=O)NCC(N)=O)C(C)C)C(C)C. The zero-order valence-electron chi connectivity index (χ0n) is 34.0. The molecule has 18 nitrogen and oxygen atoms in total. The van der Waals surface area contributed by atoms with E-state index in [4.69, 9.17) is 11.5 Å². The average Bonchev–Trinajstić information content (AvgIpc) is 3.18. The lowest BCUT2D eigenvalue weighted by atomic mass is 9.98. The van der Waals surface area contributed by atoms with Crippen LogP contribution in [0.15, 0.2) is 54.6 Å². The number of nitrogens with one attached hydrogen (secondary N) is 6. The molecule has 2 aromatic rings. The fourth-order valence-corrected chi connectivity index (χ4v) is 6.22. The van der Waals surface area contributed by atoms with Gasteiger partial charge in [0.2, 0.25) is 41.4 Å². The lowest BCUT2D eigenvalue weighted by Gasteiger charge is -2.29. The molecule has 0 unspecified atom stereocenters. The number of hydrogen-bond donors (Lipinski definition) is 10. The monoisotopic (exact) mass is 842 g/mol. The van der Waals surface area contributed by atoms with Gasteiger partial charge in [-0.05, 0) is 66.4 Å². The van der Waals surface area contributed by atoms with E-state index in [0.717, 1.165) is 0 Å². The lowest BCUT2D eigenvalue weighted by Crippen LogP contribution is -2.61. The van der Waals surface area contributed by atoms with E-state index < -0.39 is 108 Å². The number of hydrogen-bond acceptors (Lipinski definition) is 11. The van der Waals surface area contributed by atoms with Crippen molar-refractivity contribution in [3.05, 3.63) is 65.7 Å². The molecular formula is C40H58N8O10S. The smallest absolute Gasteiger partial charge is 0.303 e. The van der Waals surface area contributed by atoms with Crippen molar-refractivity contribution in [2.45, 2.75) is 96.1 Å². The molecule has 324 valence electrons. The molecule has 0 heterocycles. The van der Waals surface area contributed by atoms with Crippen LogP contribution in [0.3, 0.4) is 0 Å². The van der Waals surface area contributed by atoms with Crippen LogP contribution in [0, 0.1) is 11.8 Å². The zero-order chi connectivity index (χ0) is 44.2. The molecule has 59 heavy (non-hydrogen) atoms. The van der Waals surface area contributed by atoms with Crippen molar-refractivity contribution in [3.8, 4) is 5.75 Å². The number of rotatable bonds is 25.